The van der Waals surface area contributed by atoms with E-state index < -0.39 is 29.6 Å². The molecule has 1 rings (SSSR count). The zero-order valence-corrected chi connectivity index (χ0v) is 16.4. The number of hydrogen-bond acceptors (Lipinski definition) is 5. The highest BCUT2D eigenvalue weighted by atomic mass is 32.2. The van der Waals surface area contributed by atoms with Gasteiger partial charge in [-0.25, -0.2) is 4.79 Å². The van der Waals surface area contributed by atoms with Gasteiger partial charge in [-0.05, 0) is 53.2 Å². The third-order valence-corrected chi connectivity index (χ3v) is 4.23. The summed E-state index contributed by atoms with van der Waals surface area (Å²) in [6, 6.07) is 5.35. The Labute approximate surface area is 153 Å². The molecule has 0 radical (unpaired) electrons. The molecule has 0 aliphatic rings. The molecule has 1 atom stereocenters. The van der Waals surface area contributed by atoms with Gasteiger partial charge in [0, 0.05) is 10.4 Å². The van der Waals surface area contributed by atoms with E-state index >= 15 is 0 Å². The van der Waals surface area contributed by atoms with E-state index in [1.54, 1.807) is 20.8 Å². The largest absolute Gasteiger partial charge is 0.452 e. The first-order valence-corrected chi connectivity index (χ1v) is 8.99. The summed E-state index contributed by atoms with van der Waals surface area (Å²) >= 11 is 1.35. The Balaban J connectivity index is 2.45. The fraction of sp³-hybridized carbons (Fsp3) is 0.500. The van der Waals surface area contributed by atoms with E-state index in [9.17, 15) is 14.4 Å². The number of rotatable bonds is 5. The normalized spacial score (nSPS) is 12.2. The molecule has 138 valence electrons. The van der Waals surface area contributed by atoms with E-state index in [-0.39, 0.29) is 5.75 Å². The van der Waals surface area contributed by atoms with E-state index in [1.165, 1.54) is 18.7 Å². The van der Waals surface area contributed by atoms with Crippen LogP contribution in [0.15, 0.2) is 23.1 Å². The molecule has 1 aromatic carbocycles. The van der Waals surface area contributed by atoms with Crippen molar-refractivity contribution in [1.82, 2.24) is 10.6 Å². The predicted octanol–water partition coefficient (Wildman–Crippen LogP) is 2.95. The number of ether oxygens (including phenoxy) is 1. The van der Waals surface area contributed by atoms with Gasteiger partial charge in [0.15, 0.2) is 6.10 Å². The Morgan fingerprint density at radius 2 is 1.84 bits per heavy atom. The number of carbonyl (C=O) groups excluding carboxylic acids is 3. The van der Waals surface area contributed by atoms with Crippen LogP contribution in [0.2, 0.25) is 0 Å². The molecule has 0 spiro atoms. The average Bonchev–Trinajstić information content (AvgIpc) is 2.44. The summed E-state index contributed by atoms with van der Waals surface area (Å²) in [5.41, 5.74) is 1.78. The first-order valence-electron chi connectivity index (χ1n) is 8.00. The van der Waals surface area contributed by atoms with E-state index in [4.69, 9.17) is 4.74 Å². The number of hydrogen-bond donors (Lipinski definition) is 2. The van der Waals surface area contributed by atoms with Crippen LogP contribution in [0, 0.1) is 13.8 Å². The van der Waals surface area contributed by atoms with Crippen molar-refractivity contribution in [2.45, 2.75) is 58.1 Å². The lowest BCUT2D eigenvalue weighted by atomic mass is 10.1. The van der Waals surface area contributed by atoms with Gasteiger partial charge in [-0.3, -0.25) is 14.9 Å². The smallest absolute Gasteiger partial charge is 0.321 e. The topological polar surface area (TPSA) is 84.5 Å². The second-order valence-electron chi connectivity index (χ2n) is 6.88. The summed E-state index contributed by atoms with van der Waals surface area (Å²) in [4.78, 5) is 36.4. The Morgan fingerprint density at radius 1 is 1.20 bits per heavy atom. The highest BCUT2D eigenvalue weighted by molar-refractivity contribution is 8.00. The van der Waals surface area contributed by atoms with Gasteiger partial charge in [0.05, 0.1) is 5.75 Å². The Hall–Kier alpha value is -2.02. The zero-order chi connectivity index (χ0) is 19.2. The predicted molar refractivity (Wildman–Crippen MR) is 98.6 cm³/mol. The Kier molecular flexibility index (Phi) is 7.48. The molecule has 0 saturated carbocycles. The summed E-state index contributed by atoms with van der Waals surface area (Å²) in [7, 11) is 0. The van der Waals surface area contributed by atoms with Crippen LogP contribution < -0.4 is 10.6 Å². The van der Waals surface area contributed by atoms with Gasteiger partial charge in [0.2, 0.25) is 0 Å². The highest BCUT2D eigenvalue weighted by Gasteiger charge is 2.22. The molecule has 25 heavy (non-hydrogen) atoms. The van der Waals surface area contributed by atoms with E-state index in [2.05, 4.69) is 10.6 Å². The molecule has 2 N–H and O–H groups in total. The zero-order valence-electron chi connectivity index (χ0n) is 15.6. The number of nitrogens with one attached hydrogen (secondary N) is 2. The number of carbonyl (C=O) groups is 3. The van der Waals surface area contributed by atoms with Crippen LogP contribution in [0.1, 0.15) is 38.8 Å². The summed E-state index contributed by atoms with van der Waals surface area (Å²) in [5, 5.41) is 4.76. The van der Waals surface area contributed by atoms with Crippen molar-refractivity contribution >= 4 is 29.7 Å². The maximum absolute atomic E-state index is 11.9. The Bertz CT molecular complexity index is 653. The van der Waals surface area contributed by atoms with Crippen molar-refractivity contribution in [3.63, 3.8) is 0 Å². The molecule has 0 aromatic heterocycles. The van der Waals surface area contributed by atoms with E-state index in [0.29, 0.717) is 0 Å². The molecule has 0 bridgehead atoms. The van der Waals surface area contributed by atoms with Crippen molar-refractivity contribution in [2.24, 2.45) is 0 Å². The molecular weight excluding hydrogens is 340 g/mol. The van der Waals surface area contributed by atoms with Gasteiger partial charge in [-0.15, -0.1) is 11.8 Å². The third kappa shape index (κ3) is 8.07. The lowest BCUT2D eigenvalue weighted by Crippen LogP contribution is -2.50. The van der Waals surface area contributed by atoms with Gasteiger partial charge in [0.25, 0.3) is 5.91 Å². The van der Waals surface area contributed by atoms with Crippen LogP contribution in [0.5, 0.6) is 0 Å². The van der Waals surface area contributed by atoms with Crippen molar-refractivity contribution in [3.05, 3.63) is 29.3 Å². The molecule has 7 heteroatoms. The van der Waals surface area contributed by atoms with Gasteiger partial charge in [-0.1, -0.05) is 17.7 Å². The highest BCUT2D eigenvalue weighted by Crippen LogP contribution is 2.23. The van der Waals surface area contributed by atoms with E-state index in [0.717, 1.165) is 16.0 Å². The van der Waals surface area contributed by atoms with Crippen molar-refractivity contribution < 1.29 is 19.1 Å². The quantitative estimate of drug-likeness (QED) is 0.618. The van der Waals surface area contributed by atoms with Gasteiger partial charge >= 0.3 is 12.0 Å². The monoisotopic (exact) mass is 366 g/mol. The Morgan fingerprint density at radius 3 is 2.40 bits per heavy atom. The number of esters is 1. The van der Waals surface area contributed by atoms with Crippen LogP contribution in [0.4, 0.5) is 4.79 Å². The SMILES string of the molecule is Cc1ccc(SCC(=O)O[C@H](C)C(=O)NC(=O)NC(C)(C)C)c(C)c1. The van der Waals surface area contributed by atoms with Crippen LogP contribution in [0.25, 0.3) is 0 Å². The second-order valence-corrected chi connectivity index (χ2v) is 7.90. The molecule has 0 heterocycles. The number of imide groups is 1. The standard InChI is InChI=1S/C18H26N2O4S/c1-11-7-8-14(12(2)9-11)25-10-15(21)24-13(3)16(22)19-17(23)20-18(4,5)6/h7-9,13H,10H2,1-6H3,(H2,19,20,22,23)/t13-/m1/s1. The van der Waals surface area contributed by atoms with Crippen LogP contribution in [0.3, 0.4) is 0 Å². The summed E-state index contributed by atoms with van der Waals surface area (Å²) in [6.45, 7) is 10.8. The van der Waals surface area contributed by atoms with Gasteiger partial charge in [0.1, 0.15) is 0 Å². The lowest BCUT2D eigenvalue weighted by Gasteiger charge is -2.21. The number of urea groups is 1. The maximum atomic E-state index is 11.9. The molecule has 0 aliphatic heterocycles. The number of thioether (sulfide) groups is 1. The lowest BCUT2D eigenvalue weighted by molar-refractivity contribution is -0.151. The molecule has 6 nitrogen and oxygen atoms in total. The van der Waals surface area contributed by atoms with Gasteiger partial charge < -0.3 is 10.1 Å². The molecule has 0 aliphatic carbocycles. The minimum absolute atomic E-state index is 0.0930. The summed E-state index contributed by atoms with van der Waals surface area (Å²) in [5.74, 6) is -1.08. The maximum Gasteiger partial charge on any atom is 0.321 e. The molecule has 1 aromatic rings. The molecule has 3 amide bonds. The van der Waals surface area contributed by atoms with Crippen molar-refractivity contribution in [2.75, 3.05) is 5.75 Å². The first-order chi connectivity index (χ1) is 11.5. The van der Waals surface area contributed by atoms with Crippen LogP contribution in [-0.2, 0) is 14.3 Å². The molecule has 0 unspecified atom stereocenters. The number of amides is 3. The average molecular weight is 366 g/mol. The van der Waals surface area contributed by atoms with Crippen LogP contribution >= 0.6 is 11.8 Å². The summed E-state index contributed by atoms with van der Waals surface area (Å²) in [6.07, 6.45) is -1.04. The molecule has 0 fully saturated rings. The first kappa shape index (κ1) is 21.0. The molecular formula is C18H26N2O4S. The number of benzene rings is 1. The minimum atomic E-state index is -1.04. The second kappa shape index (κ2) is 8.89. The minimum Gasteiger partial charge on any atom is -0.452 e. The third-order valence-electron chi connectivity index (χ3n) is 3.08. The molecule has 0 saturated heterocycles. The fourth-order valence-corrected chi connectivity index (χ4v) is 2.76. The summed E-state index contributed by atoms with van der Waals surface area (Å²) < 4.78 is 5.08. The van der Waals surface area contributed by atoms with Crippen molar-refractivity contribution in [1.29, 1.82) is 0 Å². The fourth-order valence-electron chi connectivity index (χ4n) is 1.97. The van der Waals surface area contributed by atoms with Gasteiger partial charge in [-0.2, -0.15) is 0 Å². The van der Waals surface area contributed by atoms with E-state index in [1.807, 2.05) is 32.0 Å². The number of aryl methyl sites for hydroxylation is 2. The van der Waals surface area contributed by atoms with Crippen LogP contribution in [-0.4, -0.2) is 35.3 Å². The van der Waals surface area contributed by atoms with Crippen molar-refractivity contribution in [3.8, 4) is 0 Å².